The number of carbonyl (C=O) groups is 1. The van der Waals surface area contributed by atoms with Gasteiger partial charge in [-0.3, -0.25) is 4.79 Å². The number of Topliss-reactive ketones (excluding diaryl/α,β-unsaturated/α-hetero) is 1. The molecule has 0 aromatic carbocycles. The summed E-state index contributed by atoms with van der Waals surface area (Å²) < 4.78 is 0. The minimum absolute atomic E-state index is 0.0255. The van der Waals surface area contributed by atoms with Gasteiger partial charge in [-0.05, 0) is 80.5 Å². The average molecular weight is 332 g/mol. The van der Waals surface area contributed by atoms with E-state index in [1.54, 1.807) is 6.92 Å². The van der Waals surface area contributed by atoms with E-state index in [0.717, 1.165) is 44.9 Å². The molecule has 24 heavy (non-hydrogen) atoms. The van der Waals surface area contributed by atoms with Crippen molar-refractivity contribution >= 4 is 5.78 Å². The summed E-state index contributed by atoms with van der Waals surface area (Å²) in [6, 6.07) is 0. The molecule has 4 rings (SSSR count). The third-order valence-corrected chi connectivity index (χ3v) is 8.54. The fourth-order valence-electron chi connectivity index (χ4n) is 7.39. The van der Waals surface area contributed by atoms with E-state index >= 15 is 0 Å². The van der Waals surface area contributed by atoms with Crippen LogP contribution in [0, 0.1) is 34.5 Å². The lowest BCUT2D eigenvalue weighted by atomic mass is 9.47. The molecule has 0 radical (unpaired) electrons. The Balaban J connectivity index is 1.68. The zero-order valence-electron chi connectivity index (χ0n) is 15.3. The van der Waals surface area contributed by atoms with E-state index in [9.17, 15) is 15.0 Å². The molecular weight excluding hydrogens is 300 g/mol. The molecule has 0 saturated heterocycles. The van der Waals surface area contributed by atoms with Gasteiger partial charge in [0.15, 0.2) is 0 Å². The Hall–Kier alpha value is -0.670. The Morgan fingerprint density at radius 1 is 1.17 bits per heavy atom. The molecule has 0 aromatic rings. The molecule has 3 fully saturated rings. The molecule has 134 valence electrons. The summed E-state index contributed by atoms with van der Waals surface area (Å²) in [4.78, 5) is 12.2. The first-order chi connectivity index (χ1) is 11.3. The normalized spacial score (nSPS) is 53.6. The number of fused-ring (bicyclic) bond motifs is 5. The van der Waals surface area contributed by atoms with Crippen LogP contribution in [0.1, 0.15) is 65.7 Å². The molecule has 8 atom stereocenters. The molecule has 0 amide bonds. The van der Waals surface area contributed by atoms with Gasteiger partial charge in [0.2, 0.25) is 0 Å². The molecule has 0 bridgehead atoms. The lowest BCUT2D eigenvalue weighted by Gasteiger charge is -2.57. The maximum Gasteiger partial charge on any atom is 0.136 e. The van der Waals surface area contributed by atoms with Crippen molar-refractivity contribution in [3.63, 3.8) is 0 Å². The van der Waals surface area contributed by atoms with E-state index in [0.29, 0.717) is 17.8 Å². The highest BCUT2D eigenvalue weighted by Crippen LogP contribution is 2.66. The van der Waals surface area contributed by atoms with Gasteiger partial charge in [-0.15, -0.1) is 0 Å². The molecule has 4 aliphatic carbocycles. The first kappa shape index (κ1) is 16.8. The van der Waals surface area contributed by atoms with E-state index in [-0.39, 0.29) is 28.6 Å². The van der Waals surface area contributed by atoms with Crippen LogP contribution in [0.5, 0.6) is 0 Å². The van der Waals surface area contributed by atoms with Crippen molar-refractivity contribution in [1.29, 1.82) is 0 Å². The SMILES string of the molecule is CC(=O)[C@@H]1[C@H](O)C[C@@H]2[C@@H]3CC=C4C[C@H](O)CC[C@]4(C)[C@H]3CC[C@@]21C. The number of hydrogen-bond acceptors (Lipinski definition) is 3. The molecule has 3 nitrogen and oxygen atoms in total. The van der Waals surface area contributed by atoms with Crippen molar-refractivity contribution < 1.29 is 15.0 Å². The molecule has 0 aliphatic heterocycles. The van der Waals surface area contributed by atoms with Crippen molar-refractivity contribution in [3.8, 4) is 0 Å². The van der Waals surface area contributed by atoms with Gasteiger partial charge < -0.3 is 10.2 Å². The standard InChI is InChI=1S/C21H32O3/c1-12(22)19-18(24)11-17-15-5-4-13-10-14(23)6-8-20(13,2)16(15)7-9-21(17,19)3/h4,14-19,23-24H,5-11H2,1-3H3/t14-,15-,16+,17-,18-,19-,20+,21+/m1/s1. The van der Waals surface area contributed by atoms with Crippen LogP contribution in [0.2, 0.25) is 0 Å². The molecule has 4 aliphatic rings. The number of aliphatic hydroxyl groups excluding tert-OH is 2. The molecule has 0 spiro atoms. The van der Waals surface area contributed by atoms with E-state index in [4.69, 9.17) is 0 Å². The van der Waals surface area contributed by atoms with Crippen LogP contribution in [0.4, 0.5) is 0 Å². The van der Waals surface area contributed by atoms with Gasteiger partial charge in [-0.25, -0.2) is 0 Å². The summed E-state index contributed by atoms with van der Waals surface area (Å²) in [7, 11) is 0. The first-order valence-corrected chi connectivity index (χ1v) is 9.83. The van der Waals surface area contributed by atoms with Gasteiger partial charge >= 0.3 is 0 Å². The smallest absolute Gasteiger partial charge is 0.136 e. The highest BCUT2D eigenvalue weighted by Gasteiger charge is 2.61. The first-order valence-electron chi connectivity index (χ1n) is 9.83. The third-order valence-electron chi connectivity index (χ3n) is 8.54. The van der Waals surface area contributed by atoms with Crippen LogP contribution in [0.3, 0.4) is 0 Å². The fraction of sp³-hybridized carbons (Fsp3) is 0.857. The Bertz CT molecular complexity index is 582. The predicted molar refractivity (Wildman–Crippen MR) is 93.3 cm³/mol. The lowest BCUT2D eigenvalue weighted by Crippen LogP contribution is -2.51. The summed E-state index contributed by atoms with van der Waals surface area (Å²) in [6.07, 6.45) is 8.73. The van der Waals surface area contributed by atoms with Crippen LogP contribution < -0.4 is 0 Å². The summed E-state index contributed by atoms with van der Waals surface area (Å²) >= 11 is 0. The molecule has 0 aromatic heterocycles. The van der Waals surface area contributed by atoms with E-state index in [2.05, 4.69) is 19.9 Å². The van der Waals surface area contributed by atoms with Crippen molar-refractivity contribution in [3.05, 3.63) is 11.6 Å². The third kappa shape index (κ3) is 2.13. The van der Waals surface area contributed by atoms with Crippen molar-refractivity contribution in [1.82, 2.24) is 0 Å². The van der Waals surface area contributed by atoms with Crippen molar-refractivity contribution in [2.75, 3.05) is 0 Å². The maximum atomic E-state index is 12.2. The van der Waals surface area contributed by atoms with E-state index in [1.807, 2.05) is 0 Å². The summed E-state index contributed by atoms with van der Waals surface area (Å²) in [6.45, 7) is 6.34. The van der Waals surface area contributed by atoms with Crippen molar-refractivity contribution in [2.45, 2.75) is 77.9 Å². The van der Waals surface area contributed by atoms with Gasteiger partial charge in [-0.1, -0.05) is 25.5 Å². The Morgan fingerprint density at radius 3 is 2.62 bits per heavy atom. The summed E-state index contributed by atoms with van der Waals surface area (Å²) in [5.41, 5.74) is 1.68. The highest BCUT2D eigenvalue weighted by atomic mass is 16.3. The quantitative estimate of drug-likeness (QED) is 0.723. The Labute approximate surface area is 145 Å². The molecule has 2 N–H and O–H groups in total. The van der Waals surface area contributed by atoms with Gasteiger partial charge in [0.05, 0.1) is 12.2 Å². The summed E-state index contributed by atoms with van der Waals surface area (Å²) in [5, 5.41) is 20.7. The molecule has 0 heterocycles. The number of rotatable bonds is 1. The second-order valence-electron chi connectivity index (χ2n) is 9.59. The molecule has 0 unspecified atom stereocenters. The highest BCUT2D eigenvalue weighted by molar-refractivity contribution is 5.80. The van der Waals surface area contributed by atoms with E-state index < -0.39 is 6.10 Å². The van der Waals surface area contributed by atoms with Gasteiger partial charge in [-0.2, -0.15) is 0 Å². The Kier molecular flexibility index (Phi) is 3.78. The summed E-state index contributed by atoms with van der Waals surface area (Å²) in [5.74, 6) is 1.70. The largest absolute Gasteiger partial charge is 0.393 e. The molecular formula is C21H32O3. The van der Waals surface area contributed by atoms with Crippen LogP contribution in [-0.4, -0.2) is 28.2 Å². The Morgan fingerprint density at radius 2 is 1.92 bits per heavy atom. The number of allylic oxidation sites excluding steroid dienone is 1. The van der Waals surface area contributed by atoms with Crippen molar-refractivity contribution in [2.24, 2.45) is 34.5 Å². The topological polar surface area (TPSA) is 57.5 Å². The van der Waals surface area contributed by atoms with Gasteiger partial charge in [0.1, 0.15) is 5.78 Å². The van der Waals surface area contributed by atoms with Crippen LogP contribution >= 0.6 is 0 Å². The number of carbonyl (C=O) groups excluding carboxylic acids is 1. The van der Waals surface area contributed by atoms with E-state index in [1.165, 1.54) is 5.57 Å². The number of ketones is 1. The van der Waals surface area contributed by atoms with Gasteiger partial charge in [0, 0.05) is 5.92 Å². The number of aliphatic hydroxyl groups is 2. The van der Waals surface area contributed by atoms with Crippen LogP contribution in [-0.2, 0) is 4.79 Å². The monoisotopic (exact) mass is 332 g/mol. The van der Waals surface area contributed by atoms with Crippen LogP contribution in [0.15, 0.2) is 11.6 Å². The van der Waals surface area contributed by atoms with Crippen LogP contribution in [0.25, 0.3) is 0 Å². The zero-order chi connectivity index (χ0) is 17.3. The fourth-order valence-corrected chi connectivity index (χ4v) is 7.39. The molecule has 3 heteroatoms. The van der Waals surface area contributed by atoms with Gasteiger partial charge in [0.25, 0.3) is 0 Å². The zero-order valence-corrected chi connectivity index (χ0v) is 15.3. The number of hydrogen-bond donors (Lipinski definition) is 2. The molecule has 3 saturated carbocycles. The minimum atomic E-state index is -0.456. The second-order valence-corrected chi connectivity index (χ2v) is 9.59. The average Bonchev–Trinajstić information content (AvgIpc) is 2.78. The lowest BCUT2D eigenvalue weighted by molar-refractivity contribution is -0.130. The second kappa shape index (κ2) is 5.41. The predicted octanol–water partition coefficient (Wildman–Crippen LogP) is 3.49. The minimum Gasteiger partial charge on any atom is -0.393 e. The maximum absolute atomic E-state index is 12.2.